The normalized spacial score (nSPS) is 11.9. The standard InChI is InChI=1S/C8H10N2/c1-8(2,3)7(5-9)6-10-4/h6H,1-3H3/b7-6+. The molecule has 0 aromatic rings. The molecule has 0 unspecified atom stereocenters. The average Bonchev–Trinajstić information content (AvgIpc) is 1.80. The van der Waals surface area contributed by atoms with Crippen LogP contribution in [0.4, 0.5) is 0 Å². The van der Waals surface area contributed by atoms with E-state index >= 15 is 0 Å². The third kappa shape index (κ3) is 2.33. The van der Waals surface area contributed by atoms with Gasteiger partial charge in [-0.05, 0) is 5.41 Å². The zero-order valence-electron chi connectivity index (χ0n) is 6.47. The first kappa shape index (κ1) is 8.72. The maximum Gasteiger partial charge on any atom is 0.168 e. The minimum Gasteiger partial charge on any atom is -0.245 e. The van der Waals surface area contributed by atoms with Crippen molar-refractivity contribution in [3.63, 3.8) is 0 Å². The Bertz CT molecular complexity index is 217. The molecule has 0 aliphatic rings. The molecule has 0 N–H and O–H groups in total. The summed E-state index contributed by atoms with van der Waals surface area (Å²) < 4.78 is 0. The van der Waals surface area contributed by atoms with E-state index in [1.807, 2.05) is 26.8 Å². The van der Waals surface area contributed by atoms with Crippen molar-refractivity contribution < 1.29 is 0 Å². The molecule has 0 saturated heterocycles. The summed E-state index contributed by atoms with van der Waals surface area (Å²) in [6, 6.07) is 1.99. The minimum absolute atomic E-state index is 0.195. The number of rotatable bonds is 0. The van der Waals surface area contributed by atoms with Gasteiger partial charge in [0.1, 0.15) is 0 Å². The van der Waals surface area contributed by atoms with Gasteiger partial charge in [-0.15, -0.1) is 0 Å². The largest absolute Gasteiger partial charge is 0.245 e. The summed E-state index contributed by atoms with van der Waals surface area (Å²) in [7, 11) is 0. The Balaban J connectivity index is 4.62. The maximum absolute atomic E-state index is 8.53. The topological polar surface area (TPSA) is 28.1 Å². The summed E-state index contributed by atoms with van der Waals surface area (Å²) in [6.45, 7) is 12.2. The zero-order chi connectivity index (χ0) is 8.20. The van der Waals surface area contributed by atoms with E-state index in [0.29, 0.717) is 5.57 Å². The van der Waals surface area contributed by atoms with Gasteiger partial charge in [0.15, 0.2) is 6.20 Å². The van der Waals surface area contributed by atoms with E-state index in [2.05, 4.69) is 4.85 Å². The van der Waals surface area contributed by atoms with E-state index in [0.717, 1.165) is 0 Å². The summed E-state index contributed by atoms with van der Waals surface area (Å²) in [6.07, 6.45) is 1.28. The monoisotopic (exact) mass is 134 g/mol. The fourth-order valence-electron chi connectivity index (χ4n) is 0.455. The molecule has 0 amide bonds. The van der Waals surface area contributed by atoms with Crippen LogP contribution in [0.3, 0.4) is 0 Å². The predicted molar refractivity (Wildman–Crippen MR) is 39.8 cm³/mol. The van der Waals surface area contributed by atoms with Gasteiger partial charge >= 0.3 is 0 Å². The Morgan fingerprint density at radius 1 is 1.60 bits per heavy atom. The first-order valence-corrected chi connectivity index (χ1v) is 2.99. The summed E-state index contributed by atoms with van der Waals surface area (Å²) in [5.41, 5.74) is 0.335. The number of hydrogen-bond acceptors (Lipinski definition) is 1. The lowest BCUT2D eigenvalue weighted by Gasteiger charge is -2.15. The summed E-state index contributed by atoms with van der Waals surface area (Å²) >= 11 is 0. The van der Waals surface area contributed by atoms with Crippen LogP contribution in [0.5, 0.6) is 0 Å². The average molecular weight is 134 g/mol. The lowest BCUT2D eigenvalue weighted by molar-refractivity contribution is 0.520. The van der Waals surface area contributed by atoms with Crippen LogP contribution < -0.4 is 0 Å². The van der Waals surface area contributed by atoms with E-state index in [1.54, 1.807) is 0 Å². The second kappa shape index (κ2) is 3.03. The Labute approximate surface area is 61.6 Å². The van der Waals surface area contributed by atoms with Crippen molar-refractivity contribution in [2.24, 2.45) is 5.41 Å². The quantitative estimate of drug-likeness (QED) is 0.369. The lowest BCUT2D eigenvalue weighted by Crippen LogP contribution is -2.06. The fraction of sp³-hybridized carbons (Fsp3) is 0.500. The van der Waals surface area contributed by atoms with Gasteiger partial charge in [0.05, 0.1) is 12.6 Å². The van der Waals surface area contributed by atoms with Crippen molar-refractivity contribution in [1.29, 1.82) is 5.26 Å². The highest BCUT2D eigenvalue weighted by molar-refractivity contribution is 5.28. The highest BCUT2D eigenvalue weighted by Gasteiger charge is 2.15. The lowest BCUT2D eigenvalue weighted by atomic mass is 9.88. The number of nitriles is 1. The van der Waals surface area contributed by atoms with E-state index in [4.69, 9.17) is 11.8 Å². The molecule has 0 fully saturated rings. The highest BCUT2D eigenvalue weighted by Crippen LogP contribution is 2.23. The molecule has 0 aliphatic heterocycles. The fourth-order valence-corrected chi connectivity index (χ4v) is 0.455. The molecule has 0 aliphatic carbocycles. The molecule has 0 rings (SSSR count). The van der Waals surface area contributed by atoms with Crippen LogP contribution in [0.1, 0.15) is 20.8 Å². The molecule has 2 heteroatoms. The molecule has 10 heavy (non-hydrogen) atoms. The Morgan fingerprint density at radius 2 is 2.10 bits per heavy atom. The Kier molecular flexibility index (Phi) is 2.65. The third-order valence-electron chi connectivity index (χ3n) is 1.12. The van der Waals surface area contributed by atoms with Crippen LogP contribution in [0, 0.1) is 23.3 Å². The molecule has 2 nitrogen and oxygen atoms in total. The Hall–Kier alpha value is -1.28. The number of allylic oxidation sites excluding steroid dienone is 1. The maximum atomic E-state index is 8.53. The molecule has 0 aromatic heterocycles. The van der Waals surface area contributed by atoms with Crippen molar-refractivity contribution in [3.05, 3.63) is 23.2 Å². The smallest absolute Gasteiger partial charge is 0.168 e. The SMILES string of the molecule is [C-]#[N+]/C=C(\C#N)C(C)(C)C. The van der Waals surface area contributed by atoms with Gasteiger partial charge in [0.2, 0.25) is 0 Å². The third-order valence-corrected chi connectivity index (χ3v) is 1.12. The van der Waals surface area contributed by atoms with Gasteiger partial charge in [0.25, 0.3) is 0 Å². The van der Waals surface area contributed by atoms with Gasteiger partial charge in [-0.1, -0.05) is 20.8 Å². The first-order chi connectivity index (χ1) is 4.52. The molecule has 0 atom stereocenters. The van der Waals surface area contributed by atoms with E-state index in [1.165, 1.54) is 6.20 Å². The van der Waals surface area contributed by atoms with Crippen LogP contribution in [0.15, 0.2) is 11.8 Å². The Morgan fingerprint density at radius 3 is 2.20 bits per heavy atom. The summed E-state index contributed by atoms with van der Waals surface area (Å²) in [5, 5.41) is 8.53. The van der Waals surface area contributed by atoms with Crippen molar-refractivity contribution >= 4 is 0 Å². The predicted octanol–water partition coefficient (Wildman–Crippen LogP) is 2.36. The van der Waals surface area contributed by atoms with E-state index in [-0.39, 0.29) is 5.41 Å². The molecule has 0 saturated carbocycles. The minimum atomic E-state index is -0.195. The molecule has 0 radical (unpaired) electrons. The first-order valence-electron chi connectivity index (χ1n) is 2.99. The molecule has 0 bridgehead atoms. The van der Waals surface area contributed by atoms with Crippen LogP contribution >= 0.6 is 0 Å². The van der Waals surface area contributed by atoms with Gasteiger partial charge in [0, 0.05) is 5.57 Å². The van der Waals surface area contributed by atoms with Gasteiger partial charge in [-0.25, -0.2) is 4.85 Å². The van der Waals surface area contributed by atoms with E-state index in [9.17, 15) is 0 Å². The molecular weight excluding hydrogens is 124 g/mol. The second-order valence-electron chi connectivity index (χ2n) is 3.03. The molecule has 0 heterocycles. The van der Waals surface area contributed by atoms with Crippen molar-refractivity contribution in [3.8, 4) is 6.07 Å². The summed E-state index contributed by atoms with van der Waals surface area (Å²) in [5.74, 6) is 0. The zero-order valence-corrected chi connectivity index (χ0v) is 6.47. The van der Waals surface area contributed by atoms with E-state index < -0.39 is 0 Å². The number of hydrogen-bond donors (Lipinski definition) is 0. The van der Waals surface area contributed by atoms with Crippen LogP contribution in [0.25, 0.3) is 4.85 Å². The van der Waals surface area contributed by atoms with Crippen LogP contribution in [-0.4, -0.2) is 0 Å². The van der Waals surface area contributed by atoms with Crippen molar-refractivity contribution in [1.82, 2.24) is 0 Å². The second-order valence-corrected chi connectivity index (χ2v) is 3.03. The highest BCUT2D eigenvalue weighted by atomic mass is 14.6. The molecule has 52 valence electrons. The number of nitrogens with zero attached hydrogens (tertiary/aromatic N) is 2. The molecule has 0 spiro atoms. The van der Waals surface area contributed by atoms with Gasteiger partial charge in [-0.3, -0.25) is 0 Å². The van der Waals surface area contributed by atoms with Crippen molar-refractivity contribution in [2.75, 3.05) is 0 Å². The van der Waals surface area contributed by atoms with Crippen molar-refractivity contribution in [2.45, 2.75) is 20.8 Å². The van der Waals surface area contributed by atoms with Crippen LogP contribution in [0.2, 0.25) is 0 Å². The van der Waals surface area contributed by atoms with Gasteiger partial charge < -0.3 is 0 Å². The van der Waals surface area contributed by atoms with Crippen LogP contribution in [-0.2, 0) is 0 Å². The summed E-state index contributed by atoms with van der Waals surface area (Å²) in [4.78, 5) is 3.04. The molecule has 0 aromatic carbocycles. The van der Waals surface area contributed by atoms with Gasteiger partial charge in [-0.2, -0.15) is 5.26 Å². The molecular formula is C8H10N2.